The van der Waals surface area contributed by atoms with E-state index in [-0.39, 0.29) is 28.4 Å². The third-order valence-electron chi connectivity index (χ3n) is 3.64. The van der Waals surface area contributed by atoms with Gasteiger partial charge in [-0.25, -0.2) is 9.78 Å². The summed E-state index contributed by atoms with van der Waals surface area (Å²) >= 11 is 6.97. The van der Waals surface area contributed by atoms with Gasteiger partial charge in [0.25, 0.3) is 0 Å². The molecule has 6 nitrogen and oxygen atoms in total. The second-order valence-electron chi connectivity index (χ2n) is 5.84. The number of halogens is 4. The highest BCUT2D eigenvalue weighted by Gasteiger charge is 2.30. The lowest BCUT2D eigenvalue weighted by Gasteiger charge is -2.11. The van der Waals surface area contributed by atoms with Gasteiger partial charge in [-0.05, 0) is 30.3 Å². The third kappa shape index (κ3) is 5.36. The van der Waals surface area contributed by atoms with E-state index in [0.29, 0.717) is 9.71 Å². The summed E-state index contributed by atoms with van der Waals surface area (Å²) in [5.41, 5.74) is -0.446. The molecule has 152 valence electrons. The number of nitrogens with zero attached hydrogens (tertiary/aromatic N) is 1. The Labute approximate surface area is 170 Å². The van der Waals surface area contributed by atoms with E-state index in [4.69, 9.17) is 21.4 Å². The highest BCUT2D eigenvalue weighted by Crippen LogP contribution is 2.33. The number of anilines is 1. The molecule has 0 saturated carbocycles. The molecule has 0 aliphatic carbocycles. The van der Waals surface area contributed by atoms with Gasteiger partial charge in [0.1, 0.15) is 10.8 Å². The Bertz CT molecular complexity index is 1080. The van der Waals surface area contributed by atoms with Crippen molar-refractivity contribution >= 4 is 50.7 Å². The SMILES string of the molecule is O=C(O)COc1cc(Cl)ccc1NC(=O)Cc1nc2cc(C(F)(F)F)ccc2s1. The number of carboxylic acids is 1. The molecular weight excluding hydrogens is 433 g/mol. The van der Waals surface area contributed by atoms with Gasteiger partial charge in [-0.1, -0.05) is 11.6 Å². The van der Waals surface area contributed by atoms with Crippen molar-refractivity contribution < 1.29 is 32.6 Å². The van der Waals surface area contributed by atoms with Crippen LogP contribution >= 0.6 is 22.9 Å². The van der Waals surface area contributed by atoms with Crippen LogP contribution in [0.3, 0.4) is 0 Å². The molecule has 29 heavy (non-hydrogen) atoms. The number of carbonyl (C=O) groups is 2. The van der Waals surface area contributed by atoms with Gasteiger partial charge >= 0.3 is 12.1 Å². The summed E-state index contributed by atoms with van der Waals surface area (Å²) in [4.78, 5) is 27.1. The molecule has 2 aromatic carbocycles. The Kier molecular flexibility index (Phi) is 5.94. The van der Waals surface area contributed by atoms with Gasteiger partial charge < -0.3 is 15.2 Å². The molecule has 0 aliphatic rings. The lowest BCUT2D eigenvalue weighted by molar-refractivity contribution is -0.139. The predicted molar refractivity (Wildman–Crippen MR) is 102 cm³/mol. The molecule has 0 bridgehead atoms. The number of hydrogen-bond donors (Lipinski definition) is 2. The molecule has 0 fully saturated rings. The molecule has 3 rings (SSSR count). The number of aliphatic carboxylic acids is 1. The van der Waals surface area contributed by atoms with E-state index in [9.17, 15) is 22.8 Å². The van der Waals surface area contributed by atoms with E-state index in [0.717, 1.165) is 23.5 Å². The lowest BCUT2D eigenvalue weighted by atomic mass is 10.2. The average molecular weight is 445 g/mol. The molecule has 0 aliphatic heterocycles. The second-order valence-corrected chi connectivity index (χ2v) is 7.39. The molecule has 0 atom stereocenters. The van der Waals surface area contributed by atoms with Gasteiger partial charge in [-0.15, -0.1) is 11.3 Å². The van der Waals surface area contributed by atoms with Crippen LogP contribution in [0, 0.1) is 0 Å². The number of alkyl halides is 3. The molecule has 1 aromatic heterocycles. The molecule has 2 N–H and O–H groups in total. The van der Waals surface area contributed by atoms with Gasteiger partial charge in [0.15, 0.2) is 6.61 Å². The summed E-state index contributed by atoms with van der Waals surface area (Å²) in [5.74, 6) is -1.62. The van der Waals surface area contributed by atoms with Crippen molar-refractivity contribution in [2.45, 2.75) is 12.6 Å². The highest BCUT2D eigenvalue weighted by atomic mass is 35.5. The summed E-state index contributed by atoms with van der Waals surface area (Å²) in [6.07, 6.45) is -4.65. The largest absolute Gasteiger partial charge is 0.480 e. The van der Waals surface area contributed by atoms with Crippen molar-refractivity contribution in [1.29, 1.82) is 0 Å². The Balaban J connectivity index is 1.75. The topological polar surface area (TPSA) is 88.5 Å². The van der Waals surface area contributed by atoms with Crippen LogP contribution in [-0.2, 0) is 22.2 Å². The lowest BCUT2D eigenvalue weighted by Crippen LogP contribution is -2.16. The number of thiazole rings is 1. The monoisotopic (exact) mass is 444 g/mol. The summed E-state index contributed by atoms with van der Waals surface area (Å²) < 4.78 is 44.1. The smallest absolute Gasteiger partial charge is 0.416 e. The minimum absolute atomic E-state index is 0.0763. The Morgan fingerprint density at radius 1 is 1.21 bits per heavy atom. The molecule has 0 radical (unpaired) electrons. The summed E-state index contributed by atoms with van der Waals surface area (Å²) in [7, 11) is 0. The van der Waals surface area contributed by atoms with Gasteiger partial charge in [0.2, 0.25) is 5.91 Å². The van der Waals surface area contributed by atoms with Crippen LogP contribution in [0.5, 0.6) is 5.75 Å². The number of carboxylic acid groups (broad SMARTS) is 1. The van der Waals surface area contributed by atoms with Crippen molar-refractivity contribution in [1.82, 2.24) is 4.98 Å². The molecule has 3 aromatic rings. The number of ether oxygens (including phenoxy) is 1. The van der Waals surface area contributed by atoms with Crippen LogP contribution in [0.2, 0.25) is 5.02 Å². The number of aromatic nitrogens is 1. The second kappa shape index (κ2) is 8.26. The number of benzene rings is 2. The zero-order valence-corrected chi connectivity index (χ0v) is 16.0. The maximum atomic E-state index is 12.8. The van der Waals surface area contributed by atoms with Gasteiger partial charge in [-0.3, -0.25) is 4.79 Å². The predicted octanol–water partition coefficient (Wildman–Crippen LogP) is 4.61. The fraction of sp³-hybridized carbons (Fsp3) is 0.167. The average Bonchev–Trinajstić information content (AvgIpc) is 3.02. The van der Waals surface area contributed by atoms with Crippen molar-refractivity contribution in [3.63, 3.8) is 0 Å². The first-order chi connectivity index (χ1) is 13.6. The highest BCUT2D eigenvalue weighted by molar-refractivity contribution is 7.18. The quantitative estimate of drug-likeness (QED) is 0.579. The molecule has 1 heterocycles. The van der Waals surface area contributed by atoms with E-state index in [1.54, 1.807) is 0 Å². The Morgan fingerprint density at radius 2 is 1.97 bits per heavy atom. The maximum absolute atomic E-state index is 12.8. The number of fused-ring (bicyclic) bond motifs is 1. The summed E-state index contributed by atoms with van der Waals surface area (Å²) in [5, 5.41) is 11.9. The van der Waals surface area contributed by atoms with E-state index in [1.165, 1.54) is 24.3 Å². The standard InChI is InChI=1S/C18H12ClF3N2O4S/c19-10-2-3-11(13(6-10)28-8-17(26)27)23-15(25)7-16-24-12-5-9(18(20,21)22)1-4-14(12)29-16/h1-6H,7-8H2,(H,23,25)(H,26,27). The van der Waals surface area contributed by atoms with E-state index >= 15 is 0 Å². The summed E-state index contributed by atoms with van der Waals surface area (Å²) in [6.45, 7) is -0.622. The zero-order chi connectivity index (χ0) is 21.2. The van der Waals surface area contributed by atoms with Crippen molar-refractivity contribution in [3.05, 3.63) is 52.0 Å². The van der Waals surface area contributed by atoms with E-state index in [1.807, 2.05) is 0 Å². The van der Waals surface area contributed by atoms with Crippen LogP contribution < -0.4 is 10.1 Å². The van der Waals surface area contributed by atoms with Gasteiger partial charge in [0, 0.05) is 11.1 Å². The van der Waals surface area contributed by atoms with Crippen molar-refractivity contribution in [2.24, 2.45) is 0 Å². The van der Waals surface area contributed by atoms with Crippen molar-refractivity contribution in [3.8, 4) is 5.75 Å². The molecular formula is C18H12ClF3N2O4S. The molecule has 0 saturated heterocycles. The van der Waals surface area contributed by atoms with Gasteiger partial charge in [0.05, 0.1) is 27.9 Å². The Hall–Kier alpha value is -2.85. The number of hydrogen-bond acceptors (Lipinski definition) is 5. The summed E-state index contributed by atoms with van der Waals surface area (Å²) in [6, 6.07) is 7.51. The minimum atomic E-state index is -4.48. The fourth-order valence-corrected chi connectivity index (χ4v) is 3.53. The van der Waals surface area contributed by atoms with Crippen LogP contribution in [0.1, 0.15) is 10.6 Å². The van der Waals surface area contributed by atoms with Crippen molar-refractivity contribution in [2.75, 3.05) is 11.9 Å². The third-order valence-corrected chi connectivity index (χ3v) is 4.91. The van der Waals surface area contributed by atoms with Crippen LogP contribution in [-0.4, -0.2) is 28.6 Å². The number of nitrogens with one attached hydrogen (secondary N) is 1. The number of amides is 1. The first-order valence-corrected chi connectivity index (χ1v) is 9.22. The van der Waals surface area contributed by atoms with E-state index < -0.39 is 30.2 Å². The molecule has 1 amide bonds. The molecule has 0 unspecified atom stereocenters. The van der Waals surface area contributed by atoms with Gasteiger partial charge in [-0.2, -0.15) is 13.2 Å². The first kappa shape index (κ1) is 20.9. The fourth-order valence-electron chi connectivity index (χ4n) is 2.42. The number of rotatable bonds is 6. The first-order valence-electron chi connectivity index (χ1n) is 8.02. The zero-order valence-electron chi connectivity index (χ0n) is 14.4. The minimum Gasteiger partial charge on any atom is -0.480 e. The molecule has 0 spiro atoms. The van der Waals surface area contributed by atoms with Crippen LogP contribution in [0.4, 0.5) is 18.9 Å². The normalized spacial score (nSPS) is 11.4. The van der Waals surface area contributed by atoms with E-state index in [2.05, 4.69) is 10.3 Å². The maximum Gasteiger partial charge on any atom is 0.416 e. The van der Waals surface area contributed by atoms with Crippen LogP contribution in [0.25, 0.3) is 10.2 Å². The molecule has 11 heteroatoms. The Morgan fingerprint density at radius 3 is 2.66 bits per heavy atom. The van der Waals surface area contributed by atoms with Crippen LogP contribution in [0.15, 0.2) is 36.4 Å². The number of carbonyl (C=O) groups excluding carboxylic acids is 1.